The van der Waals surface area contributed by atoms with Gasteiger partial charge in [-0.2, -0.15) is 39.5 Å². The van der Waals surface area contributed by atoms with Gasteiger partial charge >= 0.3 is 18.5 Å². The number of alkyl halides is 10. The second kappa shape index (κ2) is 11.0. The summed E-state index contributed by atoms with van der Waals surface area (Å²) in [5, 5.41) is 7.79. The average Bonchev–Trinajstić information content (AvgIpc) is 3.32. The number of halogens is 10. The molecule has 2 amide bonds. The van der Waals surface area contributed by atoms with Crippen molar-refractivity contribution in [2.75, 3.05) is 19.8 Å². The third kappa shape index (κ3) is 6.47. The lowest BCUT2D eigenvalue weighted by molar-refractivity contribution is -0.276. The second-order valence-electron chi connectivity index (χ2n) is 8.68. The lowest BCUT2D eigenvalue weighted by Gasteiger charge is -2.30. The fourth-order valence-electron chi connectivity index (χ4n) is 3.85. The van der Waals surface area contributed by atoms with Crippen LogP contribution >= 0.6 is 0 Å². The van der Waals surface area contributed by atoms with Gasteiger partial charge in [-0.15, -0.1) is 0 Å². The number of benzene rings is 2. The van der Waals surface area contributed by atoms with Gasteiger partial charge in [0.2, 0.25) is 5.91 Å². The molecule has 1 unspecified atom stereocenters. The molecule has 0 spiro atoms. The van der Waals surface area contributed by atoms with Gasteiger partial charge in [0.15, 0.2) is 0 Å². The summed E-state index contributed by atoms with van der Waals surface area (Å²) < 4.78 is 135. The lowest BCUT2D eigenvalue weighted by Crippen LogP contribution is -2.43. The van der Waals surface area contributed by atoms with Crippen LogP contribution < -0.4 is 10.6 Å². The first-order valence-corrected chi connectivity index (χ1v) is 11.2. The van der Waals surface area contributed by atoms with Crippen LogP contribution in [-0.2, 0) is 27.6 Å². The summed E-state index contributed by atoms with van der Waals surface area (Å²) in [6.45, 7) is -0.187. The van der Waals surface area contributed by atoms with Crippen molar-refractivity contribution in [3.8, 4) is 0 Å². The topological polar surface area (TPSA) is 79.8 Å². The summed E-state index contributed by atoms with van der Waals surface area (Å²) in [5.41, 5.74) is -9.35. The van der Waals surface area contributed by atoms with Crippen LogP contribution in [0.3, 0.4) is 0 Å². The van der Waals surface area contributed by atoms with Crippen molar-refractivity contribution in [3.63, 3.8) is 0 Å². The number of hydrogen-bond donors (Lipinski definition) is 2. The fourth-order valence-corrected chi connectivity index (χ4v) is 3.85. The Balaban J connectivity index is 1.93. The molecular weight excluding hydrogens is 568 g/mol. The summed E-state index contributed by atoms with van der Waals surface area (Å²) >= 11 is 0. The summed E-state index contributed by atoms with van der Waals surface area (Å²) in [7, 11) is 0. The van der Waals surface area contributed by atoms with E-state index in [0.29, 0.717) is 0 Å². The molecule has 0 bridgehead atoms. The highest BCUT2D eigenvalue weighted by atomic mass is 19.4. The maximum atomic E-state index is 14.3. The maximum absolute atomic E-state index is 14.3. The monoisotopic (exact) mass is 587 g/mol. The molecule has 1 heterocycles. The van der Waals surface area contributed by atoms with Gasteiger partial charge in [0.1, 0.15) is 6.67 Å². The van der Waals surface area contributed by atoms with E-state index in [1.165, 1.54) is 19.1 Å². The number of rotatable bonds is 7. The molecule has 2 aromatic rings. The minimum Gasteiger partial charge on any atom is -0.374 e. The fraction of sp³-hybridized carbons (Fsp3) is 0.375. The van der Waals surface area contributed by atoms with Crippen LogP contribution in [-0.4, -0.2) is 43.5 Å². The van der Waals surface area contributed by atoms with Gasteiger partial charge in [-0.1, -0.05) is 11.2 Å². The van der Waals surface area contributed by atoms with E-state index in [9.17, 15) is 53.5 Å². The number of nitrogens with zero attached hydrogens (tertiary/aromatic N) is 1. The zero-order valence-electron chi connectivity index (χ0n) is 20.2. The number of carbonyl (C=O) groups excluding carboxylic acids is 2. The van der Waals surface area contributed by atoms with Crippen molar-refractivity contribution in [1.82, 2.24) is 10.6 Å². The third-order valence-electron chi connectivity index (χ3n) is 5.87. The molecule has 0 radical (unpaired) electrons. The molecule has 218 valence electrons. The van der Waals surface area contributed by atoms with Crippen LogP contribution in [0.15, 0.2) is 41.6 Å². The molecule has 0 saturated heterocycles. The molecule has 1 atom stereocenters. The van der Waals surface area contributed by atoms with E-state index < -0.39 is 78.0 Å². The second-order valence-corrected chi connectivity index (χ2v) is 8.68. The van der Waals surface area contributed by atoms with E-state index in [2.05, 4.69) is 20.6 Å². The Labute approximate surface area is 219 Å². The van der Waals surface area contributed by atoms with E-state index in [1.54, 1.807) is 0 Å². The zero-order chi connectivity index (χ0) is 30.1. The van der Waals surface area contributed by atoms with Crippen LogP contribution in [0.5, 0.6) is 0 Å². The van der Waals surface area contributed by atoms with Crippen LogP contribution in [0.1, 0.15) is 44.6 Å². The van der Waals surface area contributed by atoms with E-state index in [1.807, 2.05) is 0 Å². The molecule has 2 aromatic carbocycles. The third-order valence-corrected chi connectivity index (χ3v) is 5.87. The van der Waals surface area contributed by atoms with Gasteiger partial charge in [0.05, 0.1) is 23.4 Å². The normalized spacial score (nSPS) is 17.7. The molecule has 0 saturated carbocycles. The number of amides is 2. The van der Waals surface area contributed by atoms with Gasteiger partial charge in [-0.25, -0.2) is 4.39 Å². The smallest absolute Gasteiger partial charge is 0.374 e. The van der Waals surface area contributed by atoms with Gasteiger partial charge in [-0.3, -0.25) is 9.59 Å². The molecule has 3 rings (SSSR count). The maximum Gasteiger partial charge on any atom is 0.435 e. The van der Waals surface area contributed by atoms with Crippen LogP contribution in [0.25, 0.3) is 0 Å². The Kier molecular flexibility index (Phi) is 8.41. The Morgan fingerprint density at radius 3 is 2.02 bits per heavy atom. The summed E-state index contributed by atoms with van der Waals surface area (Å²) in [6, 6.07) is 3.09. The molecule has 0 fully saturated rings. The van der Waals surface area contributed by atoms with Gasteiger partial charge in [0.25, 0.3) is 11.5 Å². The van der Waals surface area contributed by atoms with Gasteiger partial charge < -0.3 is 15.5 Å². The largest absolute Gasteiger partial charge is 0.435 e. The highest BCUT2D eigenvalue weighted by Gasteiger charge is 2.63. The van der Waals surface area contributed by atoms with Crippen LogP contribution in [0.4, 0.5) is 43.9 Å². The Bertz CT molecular complexity index is 1290. The van der Waals surface area contributed by atoms with E-state index in [-0.39, 0.29) is 41.4 Å². The van der Waals surface area contributed by atoms with Crippen molar-refractivity contribution >= 4 is 17.5 Å². The summed E-state index contributed by atoms with van der Waals surface area (Å²) in [5.74, 6) is -1.43. The molecule has 1 aliphatic rings. The van der Waals surface area contributed by atoms with Gasteiger partial charge in [0, 0.05) is 24.1 Å². The lowest BCUT2D eigenvalue weighted by atomic mass is 9.84. The van der Waals surface area contributed by atoms with Gasteiger partial charge in [-0.05, 0) is 48.4 Å². The first-order chi connectivity index (χ1) is 18.4. The highest BCUT2D eigenvalue weighted by molar-refractivity contribution is 6.04. The minimum atomic E-state index is -5.50. The zero-order valence-corrected chi connectivity index (χ0v) is 20.2. The Morgan fingerprint density at radius 2 is 1.52 bits per heavy atom. The van der Waals surface area contributed by atoms with Crippen molar-refractivity contribution in [3.05, 3.63) is 69.8 Å². The first kappa shape index (κ1) is 30.7. The molecule has 6 nitrogen and oxygen atoms in total. The number of hydrogen-bond acceptors (Lipinski definition) is 4. The number of carbonyl (C=O) groups is 2. The minimum absolute atomic E-state index is 0.00339. The Hall–Kier alpha value is -3.85. The van der Waals surface area contributed by atoms with E-state index in [4.69, 9.17) is 0 Å². The molecule has 16 heteroatoms. The first-order valence-electron chi connectivity index (χ1n) is 11.2. The number of oxime groups is 1. The summed E-state index contributed by atoms with van der Waals surface area (Å²) in [4.78, 5) is 28.5. The standard InChI is InChI=1S/C24H19F10N3O3/c1-12-6-13(2-3-17(12)20(39)36-11-19(38)35-5-4-25)18-10-21(40-37-18,24(32,33)34)14-7-15(22(26,27)28)9-16(8-14)23(29,30)31/h2-3,6-9H,4-5,10-11H2,1H3,(H,35,38)(H,36,39). The van der Waals surface area contributed by atoms with Crippen molar-refractivity contribution in [2.45, 2.75) is 37.5 Å². The summed E-state index contributed by atoms with van der Waals surface area (Å²) in [6.07, 6.45) is -17.6. The molecule has 1 aliphatic heterocycles. The molecule has 40 heavy (non-hydrogen) atoms. The quantitative estimate of drug-likeness (QED) is 0.425. The van der Waals surface area contributed by atoms with Crippen molar-refractivity contribution < 1.29 is 58.3 Å². The van der Waals surface area contributed by atoms with Crippen molar-refractivity contribution in [1.29, 1.82) is 0 Å². The van der Waals surface area contributed by atoms with Crippen molar-refractivity contribution in [2.24, 2.45) is 5.16 Å². The Morgan fingerprint density at radius 1 is 0.925 bits per heavy atom. The predicted octanol–water partition coefficient (Wildman–Crippen LogP) is 5.43. The number of aryl methyl sites for hydroxylation is 1. The van der Waals surface area contributed by atoms with E-state index in [0.717, 1.165) is 6.07 Å². The molecule has 0 aromatic heterocycles. The highest BCUT2D eigenvalue weighted by Crippen LogP contribution is 2.50. The molecule has 2 N–H and O–H groups in total. The predicted molar refractivity (Wildman–Crippen MR) is 119 cm³/mol. The number of nitrogens with one attached hydrogen (secondary N) is 2. The molecule has 0 aliphatic carbocycles. The van der Waals surface area contributed by atoms with Crippen LogP contribution in [0.2, 0.25) is 0 Å². The SMILES string of the molecule is Cc1cc(C2=NOC(c3cc(C(F)(F)F)cc(C(F)(F)F)c3)(C(F)(F)F)C2)ccc1C(=O)NCC(=O)NCCF. The average molecular weight is 587 g/mol. The van der Waals surface area contributed by atoms with E-state index >= 15 is 0 Å². The molecular formula is C24H19F10N3O3. The van der Waals surface area contributed by atoms with Crippen LogP contribution in [0, 0.1) is 6.92 Å².